The average molecular weight is 369 g/mol. The van der Waals surface area contributed by atoms with Gasteiger partial charge in [-0.25, -0.2) is 9.67 Å². The fourth-order valence-electron chi connectivity index (χ4n) is 2.85. The Labute approximate surface area is 157 Å². The predicted octanol–water partition coefficient (Wildman–Crippen LogP) is 2.57. The molecule has 1 saturated carbocycles. The molecule has 8 heteroatoms. The zero-order chi connectivity index (χ0) is 19.2. The Balaban J connectivity index is 0.000000659. The highest BCUT2D eigenvalue weighted by atomic mass is 16.5. The van der Waals surface area contributed by atoms with Crippen molar-refractivity contribution in [3.63, 3.8) is 0 Å². The van der Waals surface area contributed by atoms with E-state index in [0.29, 0.717) is 19.1 Å². The van der Waals surface area contributed by atoms with E-state index in [9.17, 15) is 0 Å². The highest BCUT2D eigenvalue weighted by Gasteiger charge is 2.28. The Morgan fingerprint density at radius 1 is 1.26 bits per heavy atom. The van der Waals surface area contributed by atoms with E-state index < -0.39 is 0 Å². The monoisotopic (exact) mass is 369 g/mol. The quantitative estimate of drug-likeness (QED) is 0.671. The summed E-state index contributed by atoms with van der Waals surface area (Å²) in [5.74, 6) is 2.19. The highest BCUT2D eigenvalue weighted by Crippen LogP contribution is 2.40. The van der Waals surface area contributed by atoms with E-state index in [1.807, 2.05) is 46.7 Å². The van der Waals surface area contributed by atoms with Crippen molar-refractivity contribution < 1.29 is 14.6 Å². The molecule has 1 aromatic carbocycles. The van der Waals surface area contributed by atoms with Crippen molar-refractivity contribution in [1.82, 2.24) is 24.5 Å². The standard InChI is InChI=1S/C18H21N5O.CH2O2/c1-22-16(12-15(20-22)13-8-9-13)18-19-17(14-6-4-3-5-7-14)21-23(18)10-11-24-2;2-1-3/h3-7,12-13H,8-11H2,1-2H3;1H,(H,2,3). The number of hydrogen-bond donors (Lipinski definition) is 1. The van der Waals surface area contributed by atoms with Crippen molar-refractivity contribution in [2.75, 3.05) is 13.7 Å². The number of benzene rings is 1. The second kappa shape index (κ2) is 8.59. The second-order valence-corrected chi connectivity index (χ2v) is 6.30. The van der Waals surface area contributed by atoms with Crippen LogP contribution in [0.4, 0.5) is 0 Å². The van der Waals surface area contributed by atoms with E-state index in [0.717, 1.165) is 28.6 Å². The van der Waals surface area contributed by atoms with E-state index in [1.165, 1.54) is 12.8 Å². The molecule has 27 heavy (non-hydrogen) atoms. The summed E-state index contributed by atoms with van der Waals surface area (Å²) in [6.45, 7) is 1.01. The molecule has 142 valence electrons. The highest BCUT2D eigenvalue weighted by molar-refractivity contribution is 5.60. The molecule has 8 nitrogen and oxygen atoms in total. The lowest BCUT2D eigenvalue weighted by Gasteiger charge is -2.04. The van der Waals surface area contributed by atoms with Gasteiger partial charge in [-0.05, 0) is 18.9 Å². The summed E-state index contributed by atoms with van der Waals surface area (Å²) in [7, 11) is 3.67. The molecule has 2 aromatic heterocycles. The summed E-state index contributed by atoms with van der Waals surface area (Å²) in [4.78, 5) is 13.2. The molecule has 1 N–H and O–H groups in total. The lowest BCUT2D eigenvalue weighted by atomic mass is 10.2. The molecule has 0 aliphatic heterocycles. The first-order valence-corrected chi connectivity index (χ1v) is 8.79. The van der Waals surface area contributed by atoms with E-state index in [1.54, 1.807) is 7.11 Å². The van der Waals surface area contributed by atoms with Crippen LogP contribution in [0.5, 0.6) is 0 Å². The van der Waals surface area contributed by atoms with Gasteiger partial charge in [-0.2, -0.15) is 10.2 Å². The topological polar surface area (TPSA) is 95.1 Å². The van der Waals surface area contributed by atoms with Crippen molar-refractivity contribution in [1.29, 1.82) is 0 Å². The number of nitrogens with zero attached hydrogens (tertiary/aromatic N) is 5. The predicted molar refractivity (Wildman–Crippen MR) is 100 cm³/mol. The number of carbonyl (C=O) groups is 1. The summed E-state index contributed by atoms with van der Waals surface area (Å²) < 4.78 is 9.05. The first-order chi connectivity index (χ1) is 13.2. The Kier molecular flexibility index (Phi) is 5.97. The van der Waals surface area contributed by atoms with E-state index in [2.05, 4.69) is 16.3 Å². The Hall–Kier alpha value is -3.00. The van der Waals surface area contributed by atoms with Gasteiger partial charge in [-0.15, -0.1) is 0 Å². The molecule has 0 saturated heterocycles. The van der Waals surface area contributed by atoms with Gasteiger partial charge in [0.15, 0.2) is 11.6 Å². The van der Waals surface area contributed by atoms with Crippen molar-refractivity contribution in [3.05, 3.63) is 42.1 Å². The van der Waals surface area contributed by atoms with Gasteiger partial charge < -0.3 is 9.84 Å². The van der Waals surface area contributed by atoms with Gasteiger partial charge in [0.25, 0.3) is 6.47 Å². The van der Waals surface area contributed by atoms with Gasteiger partial charge in [0.1, 0.15) is 5.69 Å². The first kappa shape index (κ1) is 18.8. The van der Waals surface area contributed by atoms with Crippen LogP contribution in [0.15, 0.2) is 36.4 Å². The van der Waals surface area contributed by atoms with Gasteiger partial charge in [0.2, 0.25) is 0 Å². The van der Waals surface area contributed by atoms with Gasteiger partial charge >= 0.3 is 0 Å². The lowest BCUT2D eigenvalue weighted by Crippen LogP contribution is -2.09. The van der Waals surface area contributed by atoms with Crippen LogP contribution in [-0.4, -0.2) is 49.8 Å². The van der Waals surface area contributed by atoms with Gasteiger partial charge in [0, 0.05) is 25.6 Å². The molecule has 0 radical (unpaired) electrons. The summed E-state index contributed by atoms with van der Waals surface area (Å²) in [5.41, 5.74) is 3.18. The minimum Gasteiger partial charge on any atom is -0.483 e. The summed E-state index contributed by atoms with van der Waals surface area (Å²) in [6, 6.07) is 12.2. The minimum atomic E-state index is -0.250. The smallest absolute Gasteiger partial charge is 0.290 e. The zero-order valence-electron chi connectivity index (χ0n) is 15.4. The van der Waals surface area contributed by atoms with Crippen LogP contribution in [0, 0.1) is 0 Å². The van der Waals surface area contributed by atoms with E-state index in [4.69, 9.17) is 19.6 Å². The number of rotatable bonds is 6. The second-order valence-electron chi connectivity index (χ2n) is 6.30. The molecular formula is C19H23N5O3. The fraction of sp³-hybridized carbons (Fsp3) is 0.368. The molecule has 1 aliphatic rings. The molecule has 1 fully saturated rings. The van der Waals surface area contributed by atoms with Crippen molar-refractivity contribution in [2.45, 2.75) is 25.3 Å². The number of aromatic nitrogens is 5. The third kappa shape index (κ3) is 4.40. The number of ether oxygens (including phenoxy) is 1. The molecule has 4 rings (SSSR count). The molecule has 0 bridgehead atoms. The van der Waals surface area contributed by atoms with Crippen LogP contribution in [-0.2, 0) is 23.1 Å². The Morgan fingerprint density at radius 3 is 2.59 bits per heavy atom. The molecule has 2 heterocycles. The molecule has 3 aromatic rings. The van der Waals surface area contributed by atoms with Gasteiger partial charge in [-0.1, -0.05) is 30.3 Å². The normalized spacial score (nSPS) is 13.1. The van der Waals surface area contributed by atoms with Gasteiger partial charge in [0.05, 0.1) is 18.8 Å². The van der Waals surface area contributed by atoms with E-state index >= 15 is 0 Å². The number of aryl methyl sites for hydroxylation is 1. The third-order valence-corrected chi connectivity index (χ3v) is 4.33. The molecule has 0 spiro atoms. The van der Waals surface area contributed by atoms with E-state index in [-0.39, 0.29) is 6.47 Å². The number of carboxylic acid groups (broad SMARTS) is 1. The maximum atomic E-state index is 8.36. The molecule has 1 aliphatic carbocycles. The first-order valence-electron chi connectivity index (χ1n) is 8.79. The molecule has 0 amide bonds. The van der Waals surface area contributed by atoms with Crippen LogP contribution in [0.3, 0.4) is 0 Å². The number of hydrogen-bond acceptors (Lipinski definition) is 5. The van der Waals surface area contributed by atoms with Gasteiger partial charge in [-0.3, -0.25) is 9.48 Å². The van der Waals surface area contributed by atoms with Crippen LogP contribution in [0.25, 0.3) is 22.9 Å². The Morgan fingerprint density at radius 2 is 1.96 bits per heavy atom. The maximum absolute atomic E-state index is 8.36. The molecular weight excluding hydrogens is 346 g/mol. The summed E-state index contributed by atoms with van der Waals surface area (Å²) in [6.07, 6.45) is 2.48. The summed E-state index contributed by atoms with van der Waals surface area (Å²) in [5, 5.41) is 16.2. The Bertz CT molecular complexity index is 884. The minimum absolute atomic E-state index is 0.250. The van der Waals surface area contributed by atoms with Crippen LogP contribution in [0.2, 0.25) is 0 Å². The third-order valence-electron chi connectivity index (χ3n) is 4.33. The zero-order valence-corrected chi connectivity index (χ0v) is 15.4. The van der Waals surface area contributed by atoms with Crippen molar-refractivity contribution in [2.24, 2.45) is 7.05 Å². The number of methoxy groups -OCH3 is 1. The van der Waals surface area contributed by atoms with Crippen molar-refractivity contribution in [3.8, 4) is 22.9 Å². The molecule has 0 unspecified atom stereocenters. The molecule has 0 atom stereocenters. The van der Waals surface area contributed by atoms with Crippen LogP contribution in [0.1, 0.15) is 24.5 Å². The summed E-state index contributed by atoms with van der Waals surface area (Å²) >= 11 is 0. The fourth-order valence-corrected chi connectivity index (χ4v) is 2.85. The average Bonchev–Trinajstić information content (AvgIpc) is 3.33. The van der Waals surface area contributed by atoms with Crippen LogP contribution < -0.4 is 0 Å². The van der Waals surface area contributed by atoms with Crippen LogP contribution >= 0.6 is 0 Å². The van der Waals surface area contributed by atoms with Crippen molar-refractivity contribution >= 4 is 6.47 Å². The lowest BCUT2D eigenvalue weighted by molar-refractivity contribution is -0.122. The largest absolute Gasteiger partial charge is 0.483 e. The SMILES string of the molecule is COCCn1nc(-c2ccccc2)nc1-c1cc(C2CC2)nn1C.O=CO. The maximum Gasteiger partial charge on any atom is 0.290 e.